The summed E-state index contributed by atoms with van der Waals surface area (Å²) < 4.78 is 12.0. The first-order valence-electron chi connectivity index (χ1n) is 8.17. The largest absolute Gasteiger partial charge is 0.480 e. The highest BCUT2D eigenvalue weighted by Gasteiger charge is 2.27. The molecule has 10 nitrogen and oxygen atoms in total. The van der Waals surface area contributed by atoms with Crippen LogP contribution in [0.4, 0.5) is 0 Å². The maximum Gasteiger partial charge on any atom is 0.328 e. The Morgan fingerprint density at radius 1 is 1.27 bits per heavy atom. The number of amides is 1. The first kappa shape index (κ1) is 17.6. The van der Waals surface area contributed by atoms with Crippen LogP contribution in [0.25, 0.3) is 0 Å². The molecule has 138 valence electrons. The molecule has 3 rings (SSSR count). The molecule has 1 saturated heterocycles. The van der Waals surface area contributed by atoms with Gasteiger partial charge in [-0.25, -0.2) is 4.79 Å². The molecule has 2 aromatic heterocycles. The predicted octanol–water partition coefficient (Wildman–Crippen LogP) is -0.595. The number of H-pyrrole nitrogens is 1. The minimum absolute atomic E-state index is 0.0741. The summed E-state index contributed by atoms with van der Waals surface area (Å²) in [5, 5.41) is 7.74. The molecule has 2 aromatic rings. The van der Waals surface area contributed by atoms with E-state index in [1.54, 1.807) is 17.0 Å². The van der Waals surface area contributed by atoms with Crippen molar-refractivity contribution in [3.8, 4) is 11.8 Å². The van der Waals surface area contributed by atoms with Crippen LogP contribution in [-0.4, -0.2) is 56.9 Å². The Kier molecular flexibility index (Phi) is 5.30. The van der Waals surface area contributed by atoms with Gasteiger partial charge in [-0.05, 0) is 0 Å². The average Bonchev–Trinajstić information content (AvgIpc) is 3.10. The van der Waals surface area contributed by atoms with E-state index in [-0.39, 0.29) is 25.0 Å². The normalized spacial score (nSPS) is 16.5. The SMILES string of the molecule is COc1ccc(O[C@@H]2CCN(C(=O)CCn3ccc(=O)[nH]c3=O)C2)nn1. The highest BCUT2D eigenvalue weighted by atomic mass is 16.5. The van der Waals surface area contributed by atoms with Crippen molar-refractivity contribution in [2.24, 2.45) is 0 Å². The minimum atomic E-state index is -0.522. The second-order valence-corrected chi connectivity index (χ2v) is 5.84. The Morgan fingerprint density at radius 2 is 2.04 bits per heavy atom. The molecule has 0 unspecified atom stereocenters. The van der Waals surface area contributed by atoms with Crippen LogP contribution >= 0.6 is 0 Å². The number of methoxy groups -OCH3 is 1. The van der Waals surface area contributed by atoms with Crippen molar-refractivity contribution >= 4 is 5.91 Å². The van der Waals surface area contributed by atoms with E-state index in [1.165, 1.54) is 23.9 Å². The van der Waals surface area contributed by atoms with Crippen molar-refractivity contribution in [2.75, 3.05) is 20.2 Å². The van der Waals surface area contributed by atoms with Crippen molar-refractivity contribution in [1.82, 2.24) is 24.6 Å². The van der Waals surface area contributed by atoms with E-state index in [0.717, 1.165) is 0 Å². The summed E-state index contributed by atoms with van der Waals surface area (Å²) in [7, 11) is 1.51. The van der Waals surface area contributed by atoms with Crippen LogP contribution in [0.3, 0.4) is 0 Å². The summed E-state index contributed by atoms with van der Waals surface area (Å²) in [6.07, 6.45) is 2.09. The van der Waals surface area contributed by atoms with Gasteiger partial charge in [0.05, 0.1) is 13.7 Å². The van der Waals surface area contributed by atoms with Crippen LogP contribution in [-0.2, 0) is 11.3 Å². The Bertz CT molecular complexity index is 876. The zero-order chi connectivity index (χ0) is 18.5. The number of ether oxygens (including phenoxy) is 2. The number of nitrogens with one attached hydrogen (secondary N) is 1. The zero-order valence-electron chi connectivity index (χ0n) is 14.3. The van der Waals surface area contributed by atoms with Crippen LogP contribution < -0.4 is 20.7 Å². The number of hydrogen-bond acceptors (Lipinski definition) is 7. The molecule has 1 fully saturated rings. The number of rotatable bonds is 6. The Labute approximate surface area is 148 Å². The Hall–Kier alpha value is -3.17. The highest BCUT2D eigenvalue weighted by Crippen LogP contribution is 2.18. The maximum atomic E-state index is 12.3. The summed E-state index contributed by atoms with van der Waals surface area (Å²) in [5.74, 6) is 0.706. The topological polar surface area (TPSA) is 119 Å². The van der Waals surface area contributed by atoms with Gasteiger partial charge in [-0.15, -0.1) is 10.2 Å². The lowest BCUT2D eigenvalue weighted by molar-refractivity contribution is -0.130. The number of aromatic nitrogens is 4. The van der Waals surface area contributed by atoms with Crippen LogP contribution in [0.1, 0.15) is 12.8 Å². The lowest BCUT2D eigenvalue weighted by atomic mass is 10.3. The number of carbonyl (C=O) groups excluding carboxylic acids is 1. The van der Waals surface area contributed by atoms with Gasteiger partial charge in [-0.1, -0.05) is 0 Å². The molecule has 0 saturated carbocycles. The molecule has 0 aromatic carbocycles. The third-order valence-electron chi connectivity index (χ3n) is 4.07. The van der Waals surface area contributed by atoms with Gasteiger partial charge in [0.15, 0.2) is 0 Å². The van der Waals surface area contributed by atoms with Crippen molar-refractivity contribution in [1.29, 1.82) is 0 Å². The van der Waals surface area contributed by atoms with Gasteiger partial charge in [-0.3, -0.25) is 14.6 Å². The van der Waals surface area contributed by atoms with Gasteiger partial charge in [0.25, 0.3) is 5.56 Å². The molecule has 1 aliphatic rings. The van der Waals surface area contributed by atoms with Crippen LogP contribution in [0.5, 0.6) is 11.8 Å². The van der Waals surface area contributed by atoms with Gasteiger partial charge in [0, 0.05) is 50.3 Å². The van der Waals surface area contributed by atoms with Crippen LogP contribution in [0.2, 0.25) is 0 Å². The van der Waals surface area contributed by atoms with E-state index >= 15 is 0 Å². The molecule has 10 heteroatoms. The standard InChI is InChI=1S/C16H19N5O5/c1-25-13-2-3-14(19-18-13)26-11-4-7-21(10-11)15(23)6-9-20-8-5-12(22)17-16(20)24/h2-3,5,8,11H,4,6-7,9-10H2,1H3,(H,17,22,24)/t11-/m1/s1. The van der Waals surface area contributed by atoms with Gasteiger partial charge in [-0.2, -0.15) is 0 Å². The third-order valence-corrected chi connectivity index (χ3v) is 4.07. The van der Waals surface area contributed by atoms with Gasteiger partial charge in [0.1, 0.15) is 6.10 Å². The number of likely N-dealkylation sites (tertiary alicyclic amines) is 1. The number of carbonyl (C=O) groups is 1. The van der Waals surface area contributed by atoms with E-state index in [2.05, 4.69) is 15.2 Å². The fourth-order valence-electron chi connectivity index (χ4n) is 2.70. The summed E-state index contributed by atoms with van der Waals surface area (Å²) in [4.78, 5) is 38.8. The fourth-order valence-corrected chi connectivity index (χ4v) is 2.70. The third kappa shape index (κ3) is 4.26. The molecule has 1 amide bonds. The van der Waals surface area contributed by atoms with Crippen LogP contribution in [0.15, 0.2) is 34.0 Å². The summed E-state index contributed by atoms with van der Waals surface area (Å²) >= 11 is 0. The summed E-state index contributed by atoms with van der Waals surface area (Å²) in [5.41, 5.74) is -0.982. The van der Waals surface area contributed by atoms with E-state index in [0.29, 0.717) is 31.3 Å². The van der Waals surface area contributed by atoms with E-state index < -0.39 is 11.2 Å². The smallest absolute Gasteiger partial charge is 0.328 e. The lowest BCUT2D eigenvalue weighted by Crippen LogP contribution is -2.34. The molecule has 0 bridgehead atoms. The molecule has 3 heterocycles. The van der Waals surface area contributed by atoms with Gasteiger partial charge < -0.3 is 18.9 Å². The molecule has 0 radical (unpaired) electrons. The fraction of sp³-hybridized carbons (Fsp3) is 0.438. The highest BCUT2D eigenvalue weighted by molar-refractivity contribution is 5.76. The molecule has 0 spiro atoms. The summed E-state index contributed by atoms with van der Waals surface area (Å²) in [6.45, 7) is 1.24. The van der Waals surface area contributed by atoms with E-state index in [4.69, 9.17) is 9.47 Å². The maximum absolute atomic E-state index is 12.3. The Balaban J connectivity index is 1.50. The zero-order valence-corrected chi connectivity index (χ0v) is 14.3. The van der Waals surface area contributed by atoms with Gasteiger partial charge in [0.2, 0.25) is 17.7 Å². The van der Waals surface area contributed by atoms with E-state index in [1.807, 2.05) is 0 Å². The average molecular weight is 361 g/mol. The number of aryl methyl sites for hydroxylation is 1. The molecule has 1 atom stereocenters. The van der Waals surface area contributed by atoms with Crippen molar-refractivity contribution in [2.45, 2.75) is 25.5 Å². The molecule has 0 aliphatic carbocycles. The first-order chi connectivity index (χ1) is 12.5. The monoisotopic (exact) mass is 361 g/mol. The number of nitrogens with zero attached hydrogens (tertiary/aromatic N) is 4. The second-order valence-electron chi connectivity index (χ2n) is 5.84. The second kappa shape index (κ2) is 7.81. The van der Waals surface area contributed by atoms with Crippen molar-refractivity contribution in [3.05, 3.63) is 45.2 Å². The lowest BCUT2D eigenvalue weighted by Gasteiger charge is -2.17. The molecule has 26 heavy (non-hydrogen) atoms. The number of hydrogen-bond donors (Lipinski definition) is 1. The van der Waals surface area contributed by atoms with Crippen molar-refractivity contribution in [3.63, 3.8) is 0 Å². The van der Waals surface area contributed by atoms with Crippen LogP contribution in [0, 0.1) is 0 Å². The predicted molar refractivity (Wildman–Crippen MR) is 90.1 cm³/mol. The molecular formula is C16H19N5O5. The van der Waals surface area contributed by atoms with Gasteiger partial charge >= 0.3 is 5.69 Å². The first-order valence-corrected chi connectivity index (χ1v) is 8.17. The quantitative estimate of drug-likeness (QED) is 0.730. The summed E-state index contributed by atoms with van der Waals surface area (Å²) in [6, 6.07) is 4.57. The molecular weight excluding hydrogens is 342 g/mol. The van der Waals surface area contributed by atoms with E-state index in [9.17, 15) is 14.4 Å². The van der Waals surface area contributed by atoms with Crippen molar-refractivity contribution < 1.29 is 14.3 Å². The Morgan fingerprint density at radius 3 is 2.73 bits per heavy atom. The molecule has 1 aliphatic heterocycles. The number of aromatic amines is 1. The minimum Gasteiger partial charge on any atom is -0.480 e. The molecule has 1 N–H and O–H groups in total.